The van der Waals surface area contributed by atoms with Crippen LogP contribution in [0, 0.1) is 5.92 Å². The van der Waals surface area contributed by atoms with Crippen molar-refractivity contribution in [3.8, 4) is 0 Å². The molecule has 6 nitrogen and oxygen atoms in total. The fourth-order valence-corrected chi connectivity index (χ4v) is 4.49. The Kier molecular flexibility index (Phi) is 5.80. The molecule has 3 aromatic rings. The van der Waals surface area contributed by atoms with Gasteiger partial charge in [0.05, 0.1) is 28.8 Å². The highest BCUT2D eigenvalue weighted by Gasteiger charge is 2.24. The summed E-state index contributed by atoms with van der Waals surface area (Å²) in [6.45, 7) is 8.57. The number of aromatic amines is 2. The summed E-state index contributed by atoms with van der Waals surface area (Å²) in [5.74, 6) is 2.44. The van der Waals surface area contributed by atoms with Gasteiger partial charge in [-0.2, -0.15) is 0 Å². The minimum atomic E-state index is -0.0933. The van der Waals surface area contributed by atoms with Crippen molar-refractivity contribution < 1.29 is 0 Å². The SMILES string of the molecule is CCc1c(/C=C(\C)C2CCc3nc(C(C)NC)[nH]c3C2)ccc2[nH]c(C(C)N)nc12. The number of nitrogens with zero attached hydrogens (tertiary/aromatic N) is 2. The molecule has 0 fully saturated rings. The van der Waals surface area contributed by atoms with Gasteiger partial charge in [-0.3, -0.25) is 0 Å². The second-order valence-corrected chi connectivity index (χ2v) is 8.68. The first kappa shape index (κ1) is 20.8. The van der Waals surface area contributed by atoms with Crippen molar-refractivity contribution in [2.24, 2.45) is 11.7 Å². The van der Waals surface area contributed by atoms with Gasteiger partial charge < -0.3 is 21.0 Å². The summed E-state index contributed by atoms with van der Waals surface area (Å²) in [7, 11) is 1.97. The number of hydrogen-bond acceptors (Lipinski definition) is 4. The highest BCUT2D eigenvalue weighted by molar-refractivity contribution is 5.83. The van der Waals surface area contributed by atoms with E-state index >= 15 is 0 Å². The van der Waals surface area contributed by atoms with E-state index in [1.807, 2.05) is 14.0 Å². The zero-order valence-electron chi connectivity index (χ0n) is 18.8. The van der Waals surface area contributed by atoms with Crippen LogP contribution in [0.25, 0.3) is 17.1 Å². The summed E-state index contributed by atoms with van der Waals surface area (Å²) in [6, 6.07) is 4.50. The van der Waals surface area contributed by atoms with Gasteiger partial charge in [-0.15, -0.1) is 0 Å². The molecule has 0 bridgehead atoms. The van der Waals surface area contributed by atoms with E-state index in [1.165, 1.54) is 28.1 Å². The number of aryl methyl sites for hydroxylation is 2. The summed E-state index contributed by atoms with van der Waals surface area (Å²) < 4.78 is 0. The smallest absolute Gasteiger partial charge is 0.123 e. The summed E-state index contributed by atoms with van der Waals surface area (Å²) in [4.78, 5) is 16.5. The van der Waals surface area contributed by atoms with Crippen LogP contribution in [0.15, 0.2) is 17.7 Å². The lowest BCUT2D eigenvalue weighted by Crippen LogP contribution is -2.15. The van der Waals surface area contributed by atoms with Crippen molar-refractivity contribution in [2.45, 2.75) is 65.5 Å². The van der Waals surface area contributed by atoms with Crippen LogP contribution in [0.1, 0.15) is 80.4 Å². The molecule has 0 radical (unpaired) electrons. The van der Waals surface area contributed by atoms with Crippen molar-refractivity contribution in [3.63, 3.8) is 0 Å². The maximum atomic E-state index is 6.04. The Labute approximate surface area is 178 Å². The van der Waals surface area contributed by atoms with E-state index in [0.717, 1.165) is 48.4 Å². The Morgan fingerprint density at radius 2 is 2.07 bits per heavy atom. The van der Waals surface area contributed by atoms with Gasteiger partial charge >= 0.3 is 0 Å². The quantitative estimate of drug-likeness (QED) is 0.489. The van der Waals surface area contributed by atoms with E-state index < -0.39 is 0 Å². The molecule has 0 spiro atoms. The molecular formula is C24H34N6. The Balaban J connectivity index is 1.62. The Morgan fingerprint density at radius 1 is 1.27 bits per heavy atom. The van der Waals surface area contributed by atoms with E-state index in [1.54, 1.807) is 0 Å². The zero-order chi connectivity index (χ0) is 21.4. The zero-order valence-corrected chi connectivity index (χ0v) is 18.8. The maximum Gasteiger partial charge on any atom is 0.123 e. The van der Waals surface area contributed by atoms with E-state index in [4.69, 9.17) is 15.7 Å². The maximum absolute atomic E-state index is 6.04. The Bertz CT molecular complexity index is 1070. The predicted octanol–water partition coefficient (Wildman–Crippen LogP) is 4.36. The van der Waals surface area contributed by atoms with Crippen molar-refractivity contribution in [1.29, 1.82) is 0 Å². The van der Waals surface area contributed by atoms with Gasteiger partial charge in [0.2, 0.25) is 0 Å². The molecule has 5 N–H and O–H groups in total. The number of H-pyrrole nitrogens is 2. The number of nitrogens with two attached hydrogens (primary N) is 1. The number of rotatable bonds is 6. The summed E-state index contributed by atoms with van der Waals surface area (Å²) in [5.41, 5.74) is 14.7. The number of benzene rings is 1. The largest absolute Gasteiger partial charge is 0.344 e. The molecule has 30 heavy (non-hydrogen) atoms. The third-order valence-electron chi connectivity index (χ3n) is 6.53. The van der Waals surface area contributed by atoms with E-state index in [9.17, 15) is 0 Å². The molecule has 3 atom stereocenters. The second-order valence-electron chi connectivity index (χ2n) is 8.68. The Morgan fingerprint density at radius 3 is 2.77 bits per heavy atom. The molecule has 2 aromatic heterocycles. The van der Waals surface area contributed by atoms with Crippen molar-refractivity contribution in [1.82, 2.24) is 25.3 Å². The van der Waals surface area contributed by atoms with Crippen LogP contribution in [0.4, 0.5) is 0 Å². The average molecular weight is 407 g/mol. The number of imidazole rings is 2. The fourth-order valence-electron chi connectivity index (χ4n) is 4.49. The normalized spacial score (nSPS) is 19.1. The van der Waals surface area contributed by atoms with E-state index in [2.05, 4.69) is 54.3 Å². The third kappa shape index (κ3) is 3.82. The topological polar surface area (TPSA) is 95.4 Å². The third-order valence-corrected chi connectivity index (χ3v) is 6.53. The number of fused-ring (bicyclic) bond motifs is 2. The van der Waals surface area contributed by atoms with Crippen molar-refractivity contribution in [2.75, 3.05) is 7.05 Å². The van der Waals surface area contributed by atoms with Crippen LogP contribution in [0.5, 0.6) is 0 Å². The van der Waals surface area contributed by atoms with Crippen LogP contribution in [0.2, 0.25) is 0 Å². The van der Waals surface area contributed by atoms with Crippen LogP contribution in [0.3, 0.4) is 0 Å². The molecule has 0 saturated heterocycles. The Hall–Kier alpha value is -2.44. The van der Waals surface area contributed by atoms with Crippen LogP contribution in [-0.2, 0) is 19.3 Å². The lowest BCUT2D eigenvalue weighted by Gasteiger charge is -2.22. The van der Waals surface area contributed by atoms with Gasteiger partial charge in [0.25, 0.3) is 0 Å². The minimum absolute atomic E-state index is 0.0933. The first-order valence-corrected chi connectivity index (χ1v) is 11.1. The molecule has 3 unspecified atom stereocenters. The van der Waals surface area contributed by atoms with E-state index in [-0.39, 0.29) is 12.1 Å². The summed E-state index contributed by atoms with van der Waals surface area (Å²) in [6.07, 6.45) is 6.52. The monoisotopic (exact) mass is 406 g/mol. The molecule has 160 valence electrons. The van der Waals surface area contributed by atoms with E-state index in [0.29, 0.717) is 5.92 Å². The molecule has 0 amide bonds. The number of nitrogens with one attached hydrogen (secondary N) is 3. The van der Waals surface area contributed by atoms with Gasteiger partial charge in [0.15, 0.2) is 0 Å². The van der Waals surface area contributed by atoms with Gasteiger partial charge in [-0.25, -0.2) is 9.97 Å². The molecule has 0 aliphatic heterocycles. The molecule has 1 aromatic carbocycles. The first-order chi connectivity index (χ1) is 14.4. The fraction of sp³-hybridized carbons (Fsp3) is 0.500. The van der Waals surface area contributed by atoms with Gasteiger partial charge in [-0.05, 0) is 76.6 Å². The average Bonchev–Trinajstić information content (AvgIpc) is 3.36. The molecule has 1 aliphatic carbocycles. The van der Waals surface area contributed by atoms with Crippen molar-refractivity contribution in [3.05, 3.63) is 51.9 Å². The van der Waals surface area contributed by atoms with Gasteiger partial charge in [-0.1, -0.05) is 24.6 Å². The number of hydrogen-bond donors (Lipinski definition) is 4. The van der Waals surface area contributed by atoms with Gasteiger partial charge in [0.1, 0.15) is 11.6 Å². The van der Waals surface area contributed by atoms with Crippen LogP contribution < -0.4 is 11.1 Å². The molecule has 1 aliphatic rings. The molecule has 6 heteroatoms. The summed E-state index contributed by atoms with van der Waals surface area (Å²) in [5, 5.41) is 3.27. The second kappa shape index (κ2) is 8.36. The molecule has 4 rings (SSSR count). The predicted molar refractivity (Wildman–Crippen MR) is 123 cm³/mol. The lowest BCUT2D eigenvalue weighted by molar-refractivity contribution is 0.518. The van der Waals surface area contributed by atoms with Crippen molar-refractivity contribution >= 4 is 17.1 Å². The van der Waals surface area contributed by atoms with Gasteiger partial charge in [0, 0.05) is 5.69 Å². The highest BCUT2D eigenvalue weighted by Crippen LogP contribution is 2.32. The lowest BCUT2D eigenvalue weighted by atomic mass is 9.84. The highest BCUT2D eigenvalue weighted by atomic mass is 15.0. The number of allylic oxidation sites excluding steroid dienone is 1. The number of aromatic nitrogens is 4. The standard InChI is InChI=1S/C24H34N6/c1-6-18-17(8-10-20-22(18)30-23(28-20)14(3)25)11-13(2)16-7-9-19-21(12-16)29-24(27-19)15(4)26-5/h8,10-11,14-16,26H,6-7,9,12,25H2,1-5H3,(H,27,29)(H,28,30)/b13-11+. The molecule has 2 heterocycles. The molecule has 0 saturated carbocycles. The molecular weight excluding hydrogens is 372 g/mol. The minimum Gasteiger partial charge on any atom is -0.344 e. The first-order valence-electron chi connectivity index (χ1n) is 11.1. The summed E-state index contributed by atoms with van der Waals surface area (Å²) >= 11 is 0. The van der Waals surface area contributed by atoms with Crippen LogP contribution >= 0.6 is 0 Å². The van der Waals surface area contributed by atoms with Crippen LogP contribution in [-0.4, -0.2) is 27.0 Å².